The van der Waals surface area contributed by atoms with Gasteiger partial charge in [0.05, 0.1) is 30.0 Å². The molecule has 33 heavy (non-hydrogen) atoms. The molecule has 7 nitrogen and oxygen atoms in total. The van der Waals surface area contributed by atoms with Crippen molar-refractivity contribution in [2.24, 2.45) is 0 Å². The van der Waals surface area contributed by atoms with Gasteiger partial charge in [0.2, 0.25) is 0 Å². The number of rotatable bonds is 8. The quantitative estimate of drug-likeness (QED) is 0.436. The lowest BCUT2D eigenvalue weighted by atomic mass is 10.1. The fraction of sp³-hybridized carbons (Fsp3) is 0.154. The van der Waals surface area contributed by atoms with Crippen molar-refractivity contribution < 1.29 is 19.4 Å². The highest BCUT2D eigenvalue weighted by Gasteiger charge is 2.31. The Labute approximate surface area is 191 Å². The first kappa shape index (κ1) is 20.6. The van der Waals surface area contributed by atoms with E-state index >= 15 is 0 Å². The van der Waals surface area contributed by atoms with E-state index in [2.05, 4.69) is 9.88 Å². The zero-order chi connectivity index (χ0) is 22.6. The van der Waals surface area contributed by atoms with Crippen LogP contribution in [0.3, 0.4) is 0 Å². The third-order valence-corrected chi connectivity index (χ3v) is 5.55. The summed E-state index contributed by atoms with van der Waals surface area (Å²) in [6.45, 7) is 1.82. The molecule has 0 aliphatic carbocycles. The molecule has 4 aromatic rings. The maximum absolute atomic E-state index is 11.8. The molecule has 2 aromatic carbocycles. The molecule has 0 amide bonds. The molecule has 1 N–H and O–H groups in total. The van der Waals surface area contributed by atoms with Gasteiger partial charge in [0.25, 0.3) is 0 Å². The number of ether oxygens (including phenoxy) is 2. The molecule has 1 aliphatic heterocycles. The minimum absolute atomic E-state index is 0.0261. The van der Waals surface area contributed by atoms with E-state index in [1.165, 1.54) is 0 Å². The second-order valence-corrected chi connectivity index (χ2v) is 7.83. The fourth-order valence-electron chi connectivity index (χ4n) is 3.88. The Morgan fingerprint density at radius 2 is 1.73 bits per heavy atom. The van der Waals surface area contributed by atoms with Gasteiger partial charge in [-0.1, -0.05) is 12.1 Å². The van der Waals surface area contributed by atoms with Crippen molar-refractivity contribution in [3.63, 3.8) is 0 Å². The van der Waals surface area contributed by atoms with Crippen molar-refractivity contribution in [3.8, 4) is 17.2 Å². The van der Waals surface area contributed by atoms with Crippen molar-refractivity contribution in [1.82, 2.24) is 9.55 Å². The summed E-state index contributed by atoms with van der Waals surface area (Å²) >= 11 is 0. The molecule has 1 saturated heterocycles. The Kier molecular flexibility index (Phi) is 5.68. The highest BCUT2D eigenvalue weighted by molar-refractivity contribution is 5.95. The Hall–Kier alpha value is -4.26. The Morgan fingerprint density at radius 3 is 2.42 bits per heavy atom. The van der Waals surface area contributed by atoms with Crippen molar-refractivity contribution >= 4 is 11.7 Å². The van der Waals surface area contributed by atoms with Gasteiger partial charge < -0.3 is 24.0 Å². The van der Waals surface area contributed by atoms with E-state index in [1.54, 1.807) is 24.5 Å². The predicted octanol–water partition coefficient (Wildman–Crippen LogP) is 4.42. The normalized spacial score (nSPS) is 13.4. The first-order chi connectivity index (χ1) is 16.2. The lowest BCUT2D eigenvalue weighted by molar-refractivity contribution is 0.0697. The van der Waals surface area contributed by atoms with Crippen LogP contribution in [0.5, 0.6) is 11.5 Å². The number of hydrogen-bond donors (Lipinski definition) is 1. The summed E-state index contributed by atoms with van der Waals surface area (Å²) in [5.41, 5.74) is 2.84. The zero-order valence-electron chi connectivity index (χ0n) is 17.9. The van der Waals surface area contributed by atoms with Gasteiger partial charge in [0.1, 0.15) is 24.2 Å². The molecule has 3 heterocycles. The van der Waals surface area contributed by atoms with Gasteiger partial charge in [-0.15, -0.1) is 0 Å². The van der Waals surface area contributed by atoms with Gasteiger partial charge in [0.15, 0.2) is 0 Å². The number of nitrogens with zero attached hydrogens (tertiary/aromatic N) is 3. The third kappa shape index (κ3) is 4.52. The topological polar surface area (TPSA) is 76.8 Å². The second kappa shape index (κ2) is 9.08. The monoisotopic (exact) mass is 441 g/mol. The average Bonchev–Trinajstić information content (AvgIpc) is 3.35. The van der Waals surface area contributed by atoms with E-state index in [1.807, 2.05) is 71.6 Å². The number of hydrogen-bond acceptors (Lipinski definition) is 5. The van der Waals surface area contributed by atoms with Crippen LogP contribution < -0.4 is 14.4 Å². The highest BCUT2D eigenvalue weighted by atomic mass is 16.5. The number of aromatic nitrogens is 2. The van der Waals surface area contributed by atoms with E-state index < -0.39 is 5.97 Å². The molecule has 2 aromatic heterocycles. The number of carbonyl (C=O) groups is 1. The summed E-state index contributed by atoms with van der Waals surface area (Å²) in [4.78, 5) is 18.0. The minimum Gasteiger partial charge on any atom is -0.489 e. The minimum atomic E-state index is -0.945. The lowest BCUT2D eigenvalue weighted by Crippen LogP contribution is -2.54. The molecule has 1 fully saturated rings. The number of aromatic carboxylic acids is 1. The van der Waals surface area contributed by atoms with E-state index in [9.17, 15) is 9.90 Å². The summed E-state index contributed by atoms with van der Waals surface area (Å²) in [5, 5.41) is 9.66. The summed E-state index contributed by atoms with van der Waals surface area (Å²) in [7, 11) is 0. The molecule has 0 unspecified atom stereocenters. The van der Waals surface area contributed by atoms with Crippen LogP contribution in [0.25, 0.3) is 5.69 Å². The molecule has 7 heteroatoms. The van der Waals surface area contributed by atoms with Crippen molar-refractivity contribution in [1.29, 1.82) is 0 Å². The molecule has 0 saturated carbocycles. The van der Waals surface area contributed by atoms with Crippen LogP contribution in [0.4, 0.5) is 5.69 Å². The number of carboxylic acids is 1. The zero-order valence-corrected chi connectivity index (χ0v) is 17.9. The van der Waals surface area contributed by atoms with Crippen LogP contribution in [0, 0.1) is 0 Å². The lowest BCUT2D eigenvalue weighted by Gasteiger charge is -2.41. The third-order valence-electron chi connectivity index (χ3n) is 5.55. The Morgan fingerprint density at radius 1 is 0.970 bits per heavy atom. The molecule has 0 bridgehead atoms. The largest absolute Gasteiger partial charge is 0.489 e. The smallest absolute Gasteiger partial charge is 0.337 e. The van der Waals surface area contributed by atoms with Crippen LogP contribution in [0.2, 0.25) is 0 Å². The van der Waals surface area contributed by atoms with Crippen LogP contribution in [-0.4, -0.2) is 39.8 Å². The summed E-state index contributed by atoms with van der Waals surface area (Å²) in [6, 6.07) is 20.6. The van der Waals surface area contributed by atoms with Gasteiger partial charge in [-0.2, -0.15) is 0 Å². The van der Waals surface area contributed by atoms with E-state index in [4.69, 9.17) is 9.47 Å². The van der Waals surface area contributed by atoms with Crippen molar-refractivity contribution in [2.75, 3.05) is 18.0 Å². The number of carboxylic acid groups (broad SMARTS) is 1. The van der Waals surface area contributed by atoms with Gasteiger partial charge in [0, 0.05) is 30.4 Å². The van der Waals surface area contributed by atoms with Gasteiger partial charge >= 0.3 is 5.97 Å². The summed E-state index contributed by atoms with van der Waals surface area (Å²) in [6.07, 6.45) is 7.27. The molecule has 5 rings (SSSR count). The first-order valence-electron chi connectivity index (χ1n) is 10.7. The SMILES string of the molecule is O=C(O)c1cccc(N2CC(Oc3ccc(OCc4cccnc4)cc3)C2)c1-n1cccc1. The Balaban J connectivity index is 1.21. The predicted molar refractivity (Wildman–Crippen MR) is 124 cm³/mol. The maximum atomic E-state index is 11.8. The van der Waals surface area contributed by atoms with E-state index in [-0.39, 0.29) is 11.7 Å². The standard InChI is InChI=1S/C26H23N3O4/c30-26(31)23-6-3-7-24(25(23)28-13-1-2-14-28)29-16-22(17-29)33-21-10-8-20(9-11-21)32-18-19-5-4-12-27-15-19/h1-15,22H,16-18H2,(H,30,31). The summed E-state index contributed by atoms with van der Waals surface area (Å²) < 4.78 is 13.7. The maximum Gasteiger partial charge on any atom is 0.337 e. The molecule has 0 atom stereocenters. The molecule has 0 radical (unpaired) electrons. The number of pyridine rings is 1. The average molecular weight is 441 g/mol. The molecule has 0 spiro atoms. The molecular formula is C26H23N3O4. The van der Waals surface area contributed by atoms with Crippen LogP contribution in [0.15, 0.2) is 91.5 Å². The summed E-state index contributed by atoms with van der Waals surface area (Å²) in [5.74, 6) is 0.598. The number of benzene rings is 2. The first-order valence-corrected chi connectivity index (χ1v) is 10.7. The van der Waals surface area contributed by atoms with Gasteiger partial charge in [-0.05, 0) is 54.6 Å². The van der Waals surface area contributed by atoms with Gasteiger partial charge in [-0.25, -0.2) is 4.79 Å². The van der Waals surface area contributed by atoms with Crippen LogP contribution in [0.1, 0.15) is 15.9 Å². The number of anilines is 1. The van der Waals surface area contributed by atoms with E-state index in [0.717, 1.165) is 22.7 Å². The van der Waals surface area contributed by atoms with Crippen molar-refractivity contribution in [3.05, 3.63) is 103 Å². The number of para-hydroxylation sites is 1. The second-order valence-electron chi connectivity index (χ2n) is 7.83. The molecular weight excluding hydrogens is 418 g/mol. The highest BCUT2D eigenvalue weighted by Crippen LogP contribution is 2.33. The van der Waals surface area contributed by atoms with Gasteiger partial charge in [-0.3, -0.25) is 4.98 Å². The fourth-order valence-corrected chi connectivity index (χ4v) is 3.88. The molecule has 166 valence electrons. The van der Waals surface area contributed by atoms with E-state index in [0.29, 0.717) is 25.4 Å². The Bertz CT molecular complexity index is 1220. The molecule has 1 aliphatic rings. The van der Waals surface area contributed by atoms with Crippen LogP contribution in [-0.2, 0) is 6.61 Å². The van der Waals surface area contributed by atoms with Crippen molar-refractivity contribution in [2.45, 2.75) is 12.7 Å². The van der Waals surface area contributed by atoms with Crippen LogP contribution >= 0.6 is 0 Å².